The fourth-order valence-corrected chi connectivity index (χ4v) is 4.90. The first-order valence-electron chi connectivity index (χ1n) is 7.87. The second-order valence-corrected chi connectivity index (χ2v) is 8.18. The Hall–Kier alpha value is -2.27. The normalized spacial score (nSPS) is 16.2. The summed E-state index contributed by atoms with van der Waals surface area (Å²) >= 11 is 4.40. The average Bonchev–Trinajstić information content (AvgIpc) is 3.06. The Balaban J connectivity index is 1.80. The minimum atomic E-state index is -0.641. The first kappa shape index (κ1) is 18.5. The van der Waals surface area contributed by atoms with Gasteiger partial charge in [-0.15, -0.1) is 11.3 Å². The van der Waals surface area contributed by atoms with Crippen molar-refractivity contribution in [3.63, 3.8) is 0 Å². The van der Waals surface area contributed by atoms with E-state index in [9.17, 15) is 19.7 Å². The third-order valence-corrected chi connectivity index (χ3v) is 5.92. The van der Waals surface area contributed by atoms with Gasteiger partial charge in [0, 0.05) is 4.88 Å². The van der Waals surface area contributed by atoms with Gasteiger partial charge in [0.25, 0.3) is 5.91 Å². The molecule has 0 spiro atoms. The summed E-state index contributed by atoms with van der Waals surface area (Å²) in [6.07, 6.45) is 3.95. The van der Waals surface area contributed by atoms with Crippen LogP contribution in [0.3, 0.4) is 0 Å². The molecule has 0 fully saturated rings. The largest absolute Gasteiger partial charge is 0.404 e. The van der Waals surface area contributed by atoms with E-state index < -0.39 is 16.7 Å². The van der Waals surface area contributed by atoms with E-state index in [1.807, 2.05) is 0 Å². The second kappa shape index (κ2) is 7.16. The van der Waals surface area contributed by atoms with Gasteiger partial charge in [0.05, 0.1) is 16.9 Å². The van der Waals surface area contributed by atoms with Gasteiger partial charge in [-0.05, 0) is 51.6 Å². The lowest BCUT2D eigenvalue weighted by Crippen LogP contribution is -2.22. The number of hydrogen-bond acceptors (Lipinski definition) is 6. The van der Waals surface area contributed by atoms with Crippen LogP contribution in [0, 0.1) is 16.0 Å². The maximum atomic E-state index is 12.3. The summed E-state index contributed by atoms with van der Waals surface area (Å²) in [7, 11) is 0. The van der Waals surface area contributed by atoms with Crippen LogP contribution in [0.25, 0.3) is 0 Å². The van der Waals surface area contributed by atoms with Gasteiger partial charge in [0.15, 0.2) is 0 Å². The maximum absolute atomic E-state index is 12.3. The zero-order valence-corrected chi connectivity index (χ0v) is 16.2. The van der Waals surface area contributed by atoms with Crippen molar-refractivity contribution >= 4 is 49.9 Å². The molecule has 2 aromatic heterocycles. The monoisotopic (exact) mass is 441 g/mol. The van der Waals surface area contributed by atoms with E-state index in [1.54, 1.807) is 0 Å². The standard InChI is InChI=1S/C15H16BrN5O4S/c1-7-2-3-8-10(4-7)26-15(12(8)13(17)23)18-11(22)6-20-5-9(16)14(19-20)21(24)25/h5,7H,2-4,6H2,1H3,(H2,17,23)(H,18,22)/t7-/m0/s1. The number of carbonyl (C=O) groups is 2. The molecule has 2 heterocycles. The fraction of sp³-hybridized carbons (Fsp3) is 0.400. The second-order valence-electron chi connectivity index (χ2n) is 6.22. The highest BCUT2D eigenvalue weighted by Gasteiger charge is 2.27. The quantitative estimate of drug-likeness (QED) is 0.542. The molecular weight excluding hydrogens is 426 g/mol. The Labute approximate surface area is 160 Å². The molecule has 1 atom stereocenters. The average molecular weight is 442 g/mol. The molecule has 3 rings (SSSR count). The molecule has 0 saturated heterocycles. The van der Waals surface area contributed by atoms with Crippen LogP contribution in [0.1, 0.15) is 34.1 Å². The SMILES string of the molecule is C[C@H]1CCc2c(sc(NC(=O)Cn3cc(Br)c([N+](=O)[O-])n3)c2C(N)=O)C1. The van der Waals surface area contributed by atoms with E-state index in [0.29, 0.717) is 16.5 Å². The van der Waals surface area contributed by atoms with Crippen LogP contribution in [0.5, 0.6) is 0 Å². The van der Waals surface area contributed by atoms with Gasteiger partial charge in [-0.2, -0.15) is 4.68 Å². The molecule has 0 radical (unpaired) electrons. The minimum absolute atomic E-state index is 0.189. The van der Waals surface area contributed by atoms with E-state index in [1.165, 1.54) is 17.5 Å². The lowest BCUT2D eigenvalue weighted by atomic mass is 9.88. The molecule has 0 bridgehead atoms. The molecule has 1 aliphatic carbocycles. The predicted molar refractivity (Wildman–Crippen MR) is 99.2 cm³/mol. The minimum Gasteiger partial charge on any atom is -0.365 e. The topological polar surface area (TPSA) is 133 Å². The van der Waals surface area contributed by atoms with Crippen molar-refractivity contribution < 1.29 is 14.5 Å². The molecular formula is C15H16BrN5O4S. The first-order valence-corrected chi connectivity index (χ1v) is 9.48. The molecule has 0 aliphatic heterocycles. The molecule has 26 heavy (non-hydrogen) atoms. The summed E-state index contributed by atoms with van der Waals surface area (Å²) in [5.74, 6) is -0.850. The van der Waals surface area contributed by atoms with Crippen molar-refractivity contribution in [3.05, 3.63) is 36.8 Å². The van der Waals surface area contributed by atoms with Gasteiger partial charge >= 0.3 is 5.82 Å². The number of amides is 2. The highest BCUT2D eigenvalue weighted by atomic mass is 79.9. The van der Waals surface area contributed by atoms with E-state index in [0.717, 1.165) is 34.4 Å². The van der Waals surface area contributed by atoms with Crippen molar-refractivity contribution in [2.45, 2.75) is 32.7 Å². The number of thiophene rings is 1. The summed E-state index contributed by atoms with van der Waals surface area (Å²) < 4.78 is 1.35. The van der Waals surface area contributed by atoms with Crippen LogP contribution in [0.4, 0.5) is 10.8 Å². The number of nitrogens with two attached hydrogens (primary N) is 1. The summed E-state index contributed by atoms with van der Waals surface area (Å²) in [5.41, 5.74) is 6.82. The van der Waals surface area contributed by atoms with Crippen LogP contribution in [-0.4, -0.2) is 26.5 Å². The predicted octanol–water partition coefficient (Wildman–Crippen LogP) is 2.48. The molecule has 1 aliphatic rings. The Morgan fingerprint density at radius 2 is 2.31 bits per heavy atom. The molecule has 2 amide bonds. The number of hydrogen-bond donors (Lipinski definition) is 2. The summed E-state index contributed by atoms with van der Waals surface area (Å²) in [6.45, 7) is 1.93. The maximum Gasteiger partial charge on any atom is 0.404 e. The van der Waals surface area contributed by atoms with Gasteiger partial charge in [0.1, 0.15) is 16.0 Å². The highest BCUT2D eigenvalue weighted by Crippen LogP contribution is 2.39. The smallest absolute Gasteiger partial charge is 0.365 e. The van der Waals surface area contributed by atoms with Crippen LogP contribution < -0.4 is 11.1 Å². The number of carbonyl (C=O) groups excluding carboxylic acids is 2. The fourth-order valence-electron chi connectivity index (χ4n) is 3.00. The molecule has 3 N–H and O–H groups in total. The van der Waals surface area contributed by atoms with Crippen molar-refractivity contribution in [3.8, 4) is 0 Å². The zero-order chi connectivity index (χ0) is 19.0. The van der Waals surface area contributed by atoms with Crippen molar-refractivity contribution in [2.75, 3.05) is 5.32 Å². The molecule has 0 unspecified atom stereocenters. The number of primary amides is 1. The van der Waals surface area contributed by atoms with E-state index in [2.05, 4.69) is 33.3 Å². The number of rotatable bonds is 5. The Kier molecular flexibility index (Phi) is 5.10. The molecule has 9 nitrogen and oxygen atoms in total. The van der Waals surface area contributed by atoms with E-state index in [-0.39, 0.29) is 16.8 Å². The van der Waals surface area contributed by atoms with Crippen LogP contribution in [0.2, 0.25) is 0 Å². The van der Waals surface area contributed by atoms with Crippen LogP contribution in [0.15, 0.2) is 10.7 Å². The summed E-state index contributed by atoms with van der Waals surface area (Å²) in [5, 5.41) is 17.7. The third kappa shape index (κ3) is 3.63. The van der Waals surface area contributed by atoms with E-state index in [4.69, 9.17) is 5.73 Å². The number of nitrogens with zero attached hydrogens (tertiary/aromatic N) is 3. The van der Waals surface area contributed by atoms with Crippen molar-refractivity contribution in [2.24, 2.45) is 11.7 Å². The van der Waals surface area contributed by atoms with Crippen LogP contribution in [-0.2, 0) is 24.2 Å². The number of nitrogens with one attached hydrogen (secondary N) is 1. The summed E-state index contributed by atoms with van der Waals surface area (Å²) in [6, 6.07) is 0. The van der Waals surface area contributed by atoms with E-state index >= 15 is 0 Å². The Morgan fingerprint density at radius 3 is 2.92 bits per heavy atom. The number of anilines is 1. The van der Waals surface area contributed by atoms with Gasteiger partial charge in [-0.3, -0.25) is 9.59 Å². The van der Waals surface area contributed by atoms with Gasteiger partial charge in [-0.25, -0.2) is 0 Å². The lowest BCUT2D eigenvalue weighted by molar-refractivity contribution is -0.390. The number of halogens is 1. The third-order valence-electron chi connectivity index (χ3n) is 4.19. The van der Waals surface area contributed by atoms with Gasteiger partial charge in [0.2, 0.25) is 5.91 Å². The van der Waals surface area contributed by atoms with Gasteiger partial charge < -0.3 is 21.2 Å². The lowest BCUT2D eigenvalue weighted by Gasteiger charge is -2.18. The highest BCUT2D eigenvalue weighted by molar-refractivity contribution is 9.10. The van der Waals surface area contributed by atoms with Gasteiger partial charge in [-0.1, -0.05) is 6.92 Å². The molecule has 0 aromatic carbocycles. The molecule has 0 saturated carbocycles. The summed E-state index contributed by atoms with van der Waals surface area (Å²) in [4.78, 5) is 35.5. The molecule has 2 aromatic rings. The van der Waals surface area contributed by atoms with Crippen molar-refractivity contribution in [1.29, 1.82) is 0 Å². The molecule has 11 heteroatoms. The first-order chi connectivity index (χ1) is 12.3. The number of fused-ring (bicyclic) bond motifs is 1. The van der Waals surface area contributed by atoms with Crippen LogP contribution >= 0.6 is 27.3 Å². The zero-order valence-electron chi connectivity index (χ0n) is 13.8. The Bertz CT molecular complexity index is 906. The number of nitro groups is 1. The molecule has 138 valence electrons. The van der Waals surface area contributed by atoms with Crippen molar-refractivity contribution in [1.82, 2.24) is 9.78 Å². The Morgan fingerprint density at radius 1 is 1.58 bits per heavy atom. The number of aromatic nitrogens is 2.